The van der Waals surface area contributed by atoms with Gasteiger partial charge in [0.05, 0.1) is 0 Å². The van der Waals surface area contributed by atoms with E-state index in [9.17, 15) is 14.0 Å². The lowest BCUT2D eigenvalue weighted by Gasteiger charge is -2.26. The lowest BCUT2D eigenvalue weighted by Crippen LogP contribution is -2.26. The Morgan fingerprint density at radius 1 is 1.43 bits per heavy atom. The maximum absolute atomic E-state index is 13.4. The summed E-state index contributed by atoms with van der Waals surface area (Å²) < 4.78 is 18.6. The van der Waals surface area contributed by atoms with E-state index in [1.165, 1.54) is 12.1 Å². The molecule has 1 aliphatic heterocycles. The van der Waals surface area contributed by atoms with E-state index in [0.717, 1.165) is 5.56 Å². The fourth-order valence-electron chi connectivity index (χ4n) is 2.46. The molecule has 2 rings (SSSR count). The maximum atomic E-state index is 13.4. The molecule has 0 aliphatic carbocycles. The highest BCUT2D eigenvalue weighted by Crippen LogP contribution is 2.35. The van der Waals surface area contributed by atoms with Gasteiger partial charge < -0.3 is 10.1 Å². The van der Waals surface area contributed by atoms with Crippen LogP contribution < -0.4 is 5.32 Å². The van der Waals surface area contributed by atoms with Gasteiger partial charge in [0.25, 0.3) is 0 Å². The van der Waals surface area contributed by atoms with Crippen LogP contribution in [0.3, 0.4) is 0 Å². The Bertz CT molecular complexity index is 563. The normalized spacial score (nSPS) is 17.9. The molecule has 114 valence electrons. The van der Waals surface area contributed by atoms with Crippen LogP contribution in [0.15, 0.2) is 18.2 Å². The van der Waals surface area contributed by atoms with Crippen LogP contribution in [0.5, 0.6) is 0 Å². The van der Waals surface area contributed by atoms with Crippen LogP contribution in [0.25, 0.3) is 0 Å². The summed E-state index contributed by atoms with van der Waals surface area (Å²) in [5.74, 6) is -0.904. The van der Waals surface area contributed by atoms with Gasteiger partial charge in [-0.2, -0.15) is 0 Å². The lowest BCUT2D eigenvalue weighted by molar-refractivity contribution is -0.155. The van der Waals surface area contributed by atoms with Gasteiger partial charge in [-0.25, -0.2) is 4.39 Å². The minimum absolute atomic E-state index is 0.108. The first-order chi connectivity index (χ1) is 9.74. The molecule has 1 aromatic carbocycles. The van der Waals surface area contributed by atoms with E-state index in [2.05, 4.69) is 5.32 Å². The minimum Gasteiger partial charge on any atom is -0.460 e. The zero-order valence-electron chi connectivity index (χ0n) is 12.5. The monoisotopic (exact) mass is 293 g/mol. The van der Waals surface area contributed by atoms with E-state index in [1.807, 2.05) is 20.8 Å². The molecule has 1 heterocycles. The van der Waals surface area contributed by atoms with Gasteiger partial charge in [-0.15, -0.1) is 0 Å². The summed E-state index contributed by atoms with van der Waals surface area (Å²) in [5.41, 5.74) is 0.852. The van der Waals surface area contributed by atoms with E-state index >= 15 is 0 Å². The molecular weight excluding hydrogens is 273 g/mol. The van der Waals surface area contributed by atoms with Crippen molar-refractivity contribution >= 4 is 17.6 Å². The second-order valence-corrected chi connectivity index (χ2v) is 6.31. The van der Waals surface area contributed by atoms with E-state index in [4.69, 9.17) is 4.74 Å². The second-order valence-electron chi connectivity index (χ2n) is 6.31. The van der Waals surface area contributed by atoms with Gasteiger partial charge in [-0.1, -0.05) is 0 Å². The number of amides is 1. The summed E-state index contributed by atoms with van der Waals surface area (Å²) in [6.07, 6.45) is 0.948. The summed E-state index contributed by atoms with van der Waals surface area (Å²) >= 11 is 0. The van der Waals surface area contributed by atoms with E-state index < -0.39 is 5.60 Å². The molecule has 5 heteroatoms. The van der Waals surface area contributed by atoms with Crippen LogP contribution in [0.1, 0.15) is 51.5 Å². The van der Waals surface area contributed by atoms with Crippen molar-refractivity contribution in [3.63, 3.8) is 0 Å². The molecule has 21 heavy (non-hydrogen) atoms. The molecule has 1 aromatic rings. The van der Waals surface area contributed by atoms with Gasteiger partial charge in [-0.05, 0) is 56.9 Å². The predicted octanol–water partition coefficient (Wildman–Crippen LogP) is 3.37. The average molecular weight is 293 g/mol. The third-order valence-corrected chi connectivity index (χ3v) is 3.28. The van der Waals surface area contributed by atoms with Crippen LogP contribution in [0, 0.1) is 5.82 Å². The number of ether oxygens (including phenoxy) is 1. The van der Waals surface area contributed by atoms with Gasteiger partial charge in [0.2, 0.25) is 5.91 Å². The van der Waals surface area contributed by atoms with Crippen molar-refractivity contribution in [3.05, 3.63) is 29.6 Å². The highest BCUT2D eigenvalue weighted by atomic mass is 19.1. The Labute approximate surface area is 123 Å². The number of hydrogen-bond acceptors (Lipinski definition) is 3. The number of carbonyl (C=O) groups is 2. The molecule has 4 nitrogen and oxygen atoms in total. The standard InChI is InChI=1S/C16H20FNO3/c1-16(2,3)21-15(20)7-4-10-8-14(19)18-13-6-5-11(17)9-12(10)13/h5-6,9-10H,4,7-8H2,1-3H3,(H,18,19). The fraction of sp³-hybridized carbons (Fsp3) is 0.500. The van der Waals surface area contributed by atoms with Crippen molar-refractivity contribution in [2.24, 2.45) is 0 Å². The van der Waals surface area contributed by atoms with Gasteiger partial charge >= 0.3 is 5.97 Å². The number of halogens is 1. The summed E-state index contributed by atoms with van der Waals surface area (Å²) in [6, 6.07) is 4.30. The molecule has 0 bridgehead atoms. The molecule has 0 spiro atoms. The first-order valence-electron chi connectivity index (χ1n) is 7.06. The SMILES string of the molecule is CC(C)(C)OC(=O)CCC1CC(=O)Nc2ccc(F)cc21. The molecule has 0 saturated heterocycles. The first kappa shape index (κ1) is 15.5. The fourth-order valence-corrected chi connectivity index (χ4v) is 2.46. The summed E-state index contributed by atoms with van der Waals surface area (Å²) in [5, 5.41) is 2.72. The second kappa shape index (κ2) is 5.84. The van der Waals surface area contributed by atoms with Crippen molar-refractivity contribution in [1.29, 1.82) is 0 Å². The highest BCUT2D eigenvalue weighted by molar-refractivity contribution is 5.94. The molecule has 1 aliphatic rings. The molecule has 1 atom stereocenters. The smallest absolute Gasteiger partial charge is 0.306 e. The molecule has 0 saturated carbocycles. The van der Waals surface area contributed by atoms with Crippen molar-refractivity contribution in [2.45, 2.75) is 51.6 Å². The first-order valence-corrected chi connectivity index (χ1v) is 7.06. The van der Waals surface area contributed by atoms with E-state index in [0.29, 0.717) is 12.1 Å². The van der Waals surface area contributed by atoms with Crippen molar-refractivity contribution in [2.75, 3.05) is 5.32 Å². The quantitative estimate of drug-likeness (QED) is 0.869. The number of anilines is 1. The largest absolute Gasteiger partial charge is 0.460 e. The average Bonchev–Trinajstić information content (AvgIpc) is 2.34. The Kier molecular flexibility index (Phi) is 4.30. The number of esters is 1. The van der Waals surface area contributed by atoms with Crippen molar-refractivity contribution in [3.8, 4) is 0 Å². The number of hydrogen-bond donors (Lipinski definition) is 1. The number of nitrogens with one attached hydrogen (secondary N) is 1. The van der Waals surface area contributed by atoms with Crippen LogP contribution in [-0.4, -0.2) is 17.5 Å². The zero-order valence-corrected chi connectivity index (χ0v) is 12.5. The molecule has 0 aromatic heterocycles. The molecule has 1 N–H and O–H groups in total. The molecule has 1 amide bonds. The molecule has 0 fully saturated rings. The number of carbonyl (C=O) groups excluding carboxylic acids is 2. The topological polar surface area (TPSA) is 55.4 Å². The summed E-state index contributed by atoms with van der Waals surface area (Å²) in [6.45, 7) is 5.43. The van der Waals surface area contributed by atoms with Crippen LogP contribution in [0.2, 0.25) is 0 Å². The minimum atomic E-state index is -0.523. The molecule has 1 unspecified atom stereocenters. The predicted molar refractivity (Wildman–Crippen MR) is 77.5 cm³/mol. The molecular formula is C16H20FNO3. The van der Waals surface area contributed by atoms with Crippen LogP contribution in [0.4, 0.5) is 10.1 Å². The summed E-state index contributed by atoms with van der Waals surface area (Å²) in [7, 11) is 0. The maximum Gasteiger partial charge on any atom is 0.306 e. The van der Waals surface area contributed by atoms with Crippen LogP contribution in [-0.2, 0) is 14.3 Å². The third-order valence-electron chi connectivity index (χ3n) is 3.28. The third kappa shape index (κ3) is 4.28. The van der Waals surface area contributed by atoms with Crippen molar-refractivity contribution in [1.82, 2.24) is 0 Å². The highest BCUT2D eigenvalue weighted by Gasteiger charge is 2.26. The van der Waals surface area contributed by atoms with Gasteiger partial charge in [0.15, 0.2) is 0 Å². The van der Waals surface area contributed by atoms with Gasteiger partial charge in [0, 0.05) is 18.5 Å². The zero-order chi connectivity index (χ0) is 15.6. The van der Waals surface area contributed by atoms with Gasteiger partial charge in [-0.3, -0.25) is 9.59 Å². The Hall–Kier alpha value is -1.91. The Balaban J connectivity index is 2.06. The van der Waals surface area contributed by atoms with Crippen LogP contribution >= 0.6 is 0 Å². The number of rotatable bonds is 3. The van der Waals surface area contributed by atoms with E-state index in [-0.39, 0.29) is 36.5 Å². The number of fused-ring (bicyclic) bond motifs is 1. The summed E-state index contributed by atoms with van der Waals surface area (Å²) in [4.78, 5) is 23.4. The molecule has 0 radical (unpaired) electrons. The van der Waals surface area contributed by atoms with Crippen molar-refractivity contribution < 1.29 is 18.7 Å². The Morgan fingerprint density at radius 2 is 2.14 bits per heavy atom. The number of benzene rings is 1. The Morgan fingerprint density at radius 3 is 2.81 bits per heavy atom. The van der Waals surface area contributed by atoms with E-state index in [1.54, 1.807) is 6.07 Å². The van der Waals surface area contributed by atoms with Gasteiger partial charge in [0.1, 0.15) is 11.4 Å². The lowest BCUT2D eigenvalue weighted by atomic mass is 9.87.